The molecule has 0 aliphatic carbocycles. The molecule has 2 aromatic rings. The summed E-state index contributed by atoms with van der Waals surface area (Å²) in [5.41, 5.74) is 0.688. The van der Waals surface area contributed by atoms with E-state index < -0.39 is 16.1 Å². The first-order valence-electron chi connectivity index (χ1n) is 9.84. The van der Waals surface area contributed by atoms with Crippen LogP contribution in [0.2, 0.25) is 0 Å². The van der Waals surface area contributed by atoms with Gasteiger partial charge in [-0.25, -0.2) is 9.03 Å². The Morgan fingerprint density at radius 1 is 1.10 bits per heavy atom. The van der Waals surface area contributed by atoms with Gasteiger partial charge in [0.25, 0.3) is 0 Å². The van der Waals surface area contributed by atoms with Crippen molar-refractivity contribution in [1.82, 2.24) is 10.0 Å². The molecule has 9 nitrogen and oxygen atoms in total. The molecule has 1 amide bonds. The molecule has 3 rings (SSSR count). The van der Waals surface area contributed by atoms with Crippen molar-refractivity contribution < 1.29 is 28.2 Å². The van der Waals surface area contributed by atoms with E-state index in [0.717, 1.165) is 29.1 Å². The van der Waals surface area contributed by atoms with Crippen molar-refractivity contribution in [3.63, 3.8) is 0 Å². The first-order chi connectivity index (χ1) is 14.8. The zero-order valence-corrected chi connectivity index (χ0v) is 17.6. The zero-order chi connectivity index (χ0) is 22.3. The van der Waals surface area contributed by atoms with Crippen molar-refractivity contribution in [3.05, 3.63) is 66.2 Å². The van der Waals surface area contributed by atoms with Gasteiger partial charge in [0.1, 0.15) is 17.2 Å². The molecule has 4 N–H and O–H groups in total. The van der Waals surface area contributed by atoms with Gasteiger partial charge in [0.15, 0.2) is 0 Å². The number of aliphatic hydroxyl groups excluding tert-OH is 1. The number of aryl methyl sites for hydroxylation is 1. The first-order valence-corrected chi connectivity index (χ1v) is 11.3. The van der Waals surface area contributed by atoms with Crippen LogP contribution in [-0.2, 0) is 21.4 Å². The van der Waals surface area contributed by atoms with Crippen LogP contribution < -0.4 is 19.1 Å². The summed E-state index contributed by atoms with van der Waals surface area (Å²) in [5, 5.41) is 22.4. The van der Waals surface area contributed by atoms with Gasteiger partial charge in [0.05, 0.1) is 12.8 Å². The molecular weight excluding hydrogens is 422 g/mol. The Morgan fingerprint density at radius 2 is 1.87 bits per heavy atom. The normalized spacial score (nSPS) is 14.6. The summed E-state index contributed by atoms with van der Waals surface area (Å²) in [5.74, 6) is -0.0848. The topological polar surface area (TPSA) is 128 Å². The van der Waals surface area contributed by atoms with E-state index in [-0.39, 0.29) is 23.8 Å². The minimum Gasteiger partial charge on any atom is -0.506 e. The summed E-state index contributed by atoms with van der Waals surface area (Å²) in [7, 11) is -3.98. The van der Waals surface area contributed by atoms with E-state index in [2.05, 4.69) is 5.32 Å². The van der Waals surface area contributed by atoms with Gasteiger partial charge in [-0.1, -0.05) is 24.3 Å². The Kier molecular flexibility index (Phi) is 7.24. The van der Waals surface area contributed by atoms with E-state index in [1.54, 1.807) is 6.07 Å². The lowest BCUT2D eigenvalue weighted by Gasteiger charge is -2.16. The molecule has 0 fully saturated rings. The molecule has 0 atom stereocenters. The van der Waals surface area contributed by atoms with E-state index in [4.69, 9.17) is 4.74 Å². The number of phenolic OH excluding ortho intramolecular Hbond substituents is 1. The van der Waals surface area contributed by atoms with E-state index in [9.17, 15) is 23.4 Å². The highest BCUT2D eigenvalue weighted by Crippen LogP contribution is 2.32. The summed E-state index contributed by atoms with van der Waals surface area (Å²) < 4.78 is 32.0. The lowest BCUT2D eigenvalue weighted by molar-refractivity contribution is -0.121. The smallest absolute Gasteiger partial charge is 0.330 e. The van der Waals surface area contributed by atoms with Gasteiger partial charge in [0, 0.05) is 13.0 Å². The van der Waals surface area contributed by atoms with Crippen LogP contribution in [0, 0.1) is 0 Å². The summed E-state index contributed by atoms with van der Waals surface area (Å²) >= 11 is 0. The largest absolute Gasteiger partial charge is 0.506 e. The maximum absolute atomic E-state index is 12.0. The van der Waals surface area contributed by atoms with Crippen LogP contribution in [0.4, 0.5) is 5.69 Å². The van der Waals surface area contributed by atoms with Crippen LogP contribution in [-0.4, -0.2) is 37.7 Å². The second kappa shape index (κ2) is 10.1. The van der Waals surface area contributed by atoms with Crippen LogP contribution in [0.15, 0.2) is 60.6 Å². The van der Waals surface area contributed by atoms with Crippen LogP contribution in [0.25, 0.3) is 0 Å². The number of carbonyl (C=O) groups excluding carboxylic acids is 1. The average Bonchev–Trinajstić information content (AvgIpc) is 3.01. The number of hydrogen-bond donors (Lipinski definition) is 4. The first kappa shape index (κ1) is 22.3. The number of ether oxygens (including phenoxy) is 1. The van der Waals surface area contributed by atoms with Crippen LogP contribution in [0.1, 0.15) is 24.8 Å². The fraction of sp³-hybridized carbons (Fsp3) is 0.286. The minimum absolute atomic E-state index is 0.00229. The molecule has 10 heteroatoms. The summed E-state index contributed by atoms with van der Waals surface area (Å²) in [6.07, 6.45) is 3.21. The molecule has 0 aromatic heterocycles. The fourth-order valence-electron chi connectivity index (χ4n) is 3.01. The summed E-state index contributed by atoms with van der Waals surface area (Å²) in [4.78, 5) is 12.0. The Hall–Kier alpha value is -3.40. The van der Waals surface area contributed by atoms with Crippen LogP contribution in [0.3, 0.4) is 0 Å². The average molecular weight is 448 g/mol. The van der Waals surface area contributed by atoms with E-state index in [1.807, 2.05) is 35.1 Å². The Morgan fingerprint density at radius 3 is 2.55 bits per heavy atom. The molecule has 1 heterocycles. The van der Waals surface area contributed by atoms with Crippen molar-refractivity contribution >= 4 is 21.8 Å². The number of aromatic hydroxyl groups is 1. The molecule has 166 valence electrons. The lowest BCUT2D eigenvalue weighted by atomic mass is 10.1. The van der Waals surface area contributed by atoms with Gasteiger partial charge >= 0.3 is 10.2 Å². The number of nitrogens with one attached hydrogen (secondary N) is 2. The third kappa shape index (κ3) is 6.29. The zero-order valence-electron chi connectivity index (χ0n) is 16.8. The molecule has 0 saturated carbocycles. The van der Waals surface area contributed by atoms with Gasteiger partial charge < -0.3 is 20.3 Å². The van der Waals surface area contributed by atoms with Crippen LogP contribution in [0.5, 0.6) is 11.5 Å². The maximum atomic E-state index is 12.0. The number of hydrogen-bond acceptors (Lipinski definition) is 6. The third-order valence-corrected chi connectivity index (χ3v) is 5.84. The lowest BCUT2D eigenvalue weighted by Crippen LogP contribution is -2.29. The Balaban J connectivity index is 1.38. The number of benzene rings is 2. The van der Waals surface area contributed by atoms with Gasteiger partial charge in [0.2, 0.25) is 11.8 Å². The van der Waals surface area contributed by atoms with Gasteiger partial charge in [-0.3, -0.25) is 4.79 Å². The van der Waals surface area contributed by atoms with E-state index in [1.165, 1.54) is 12.1 Å². The molecule has 0 radical (unpaired) electrons. The quantitative estimate of drug-likeness (QED) is 0.414. The highest BCUT2D eigenvalue weighted by molar-refractivity contribution is 7.91. The minimum atomic E-state index is -3.98. The molecular formula is C21H25N3O6S. The summed E-state index contributed by atoms with van der Waals surface area (Å²) in [6, 6.07) is 14.0. The molecule has 0 unspecified atom stereocenters. The standard InChI is InChI=1S/C21H25N3O6S/c25-19-14-16(8-10-18(19)24-15-21(27)23-31(24,28)29)9-11-20(26)22-12-4-5-13-30-17-6-2-1-3-7-17/h1-3,6-8,10,14-15,23,25,27H,4-5,9,11-13H2,(H,22,26). The highest BCUT2D eigenvalue weighted by atomic mass is 32.2. The fourth-order valence-corrected chi connectivity index (χ4v) is 4.07. The second-order valence-corrected chi connectivity index (χ2v) is 8.51. The van der Waals surface area contributed by atoms with Crippen molar-refractivity contribution in [1.29, 1.82) is 0 Å². The van der Waals surface area contributed by atoms with Gasteiger partial charge in [-0.2, -0.15) is 8.42 Å². The Bertz CT molecular complexity index is 1040. The molecule has 2 aromatic carbocycles. The molecule has 1 aliphatic rings. The number of aliphatic hydroxyl groups is 1. The number of carbonyl (C=O) groups is 1. The number of unbranched alkanes of at least 4 members (excludes halogenated alkanes) is 1. The Labute approximate surface area is 181 Å². The molecule has 1 aliphatic heterocycles. The number of amides is 1. The second-order valence-electron chi connectivity index (χ2n) is 6.96. The van der Waals surface area contributed by atoms with E-state index >= 15 is 0 Å². The number of phenols is 1. The van der Waals surface area contributed by atoms with Gasteiger partial charge in [-0.15, -0.1) is 0 Å². The third-order valence-electron chi connectivity index (χ3n) is 4.56. The van der Waals surface area contributed by atoms with Crippen LogP contribution >= 0.6 is 0 Å². The monoisotopic (exact) mass is 447 g/mol. The molecule has 0 spiro atoms. The predicted octanol–water partition coefficient (Wildman–Crippen LogP) is 2.31. The van der Waals surface area contributed by atoms with Gasteiger partial charge in [-0.05, 0) is 49.1 Å². The number of para-hydroxylation sites is 1. The molecule has 31 heavy (non-hydrogen) atoms. The number of nitrogens with zero attached hydrogens (tertiary/aromatic N) is 1. The van der Waals surface area contributed by atoms with E-state index in [0.29, 0.717) is 25.1 Å². The highest BCUT2D eigenvalue weighted by Gasteiger charge is 2.30. The van der Waals surface area contributed by atoms with Crippen molar-refractivity contribution in [2.24, 2.45) is 0 Å². The SMILES string of the molecule is O=C(CCc1ccc(N2C=C(O)NS2(=O)=O)c(O)c1)NCCCCOc1ccccc1. The number of anilines is 1. The molecule has 0 bridgehead atoms. The van der Waals surface area contributed by atoms with Crippen molar-refractivity contribution in [2.45, 2.75) is 25.7 Å². The maximum Gasteiger partial charge on any atom is 0.330 e. The summed E-state index contributed by atoms with van der Waals surface area (Å²) in [6.45, 7) is 1.14. The van der Waals surface area contributed by atoms with Crippen molar-refractivity contribution in [3.8, 4) is 11.5 Å². The molecule has 0 saturated heterocycles. The number of rotatable bonds is 10. The van der Waals surface area contributed by atoms with Crippen molar-refractivity contribution in [2.75, 3.05) is 17.5 Å². The predicted molar refractivity (Wildman–Crippen MR) is 116 cm³/mol.